The van der Waals surface area contributed by atoms with Crippen molar-refractivity contribution in [3.05, 3.63) is 35.5 Å². The molecule has 1 unspecified atom stereocenters. The third-order valence-electron chi connectivity index (χ3n) is 2.58. The van der Waals surface area contributed by atoms with Crippen molar-refractivity contribution in [1.29, 1.82) is 0 Å². The zero-order chi connectivity index (χ0) is 13.1. The van der Waals surface area contributed by atoms with Gasteiger partial charge in [0.05, 0.1) is 6.61 Å². The Hall–Kier alpha value is -0.860. The maximum atomic E-state index is 9.00. The highest BCUT2D eigenvalue weighted by Crippen LogP contribution is 2.10. The first-order valence-corrected chi connectivity index (χ1v) is 6.31. The lowest BCUT2D eigenvalue weighted by molar-refractivity contribution is 0.279. The monoisotopic (exact) mass is 238 g/mol. The lowest BCUT2D eigenvalue weighted by atomic mass is 10.0. The zero-order valence-electron chi connectivity index (χ0n) is 11.3. The van der Waals surface area contributed by atoms with Crippen LogP contribution in [0, 0.1) is 5.92 Å². The second-order valence-electron chi connectivity index (χ2n) is 4.68. The van der Waals surface area contributed by atoms with Gasteiger partial charge >= 0.3 is 0 Å². The minimum absolute atomic E-state index is 0.0248. The number of aliphatic hydroxyl groups is 2. The lowest BCUT2D eigenvalue weighted by Crippen LogP contribution is -1.93. The van der Waals surface area contributed by atoms with Gasteiger partial charge in [0.2, 0.25) is 0 Å². The van der Waals surface area contributed by atoms with E-state index in [2.05, 4.69) is 32.9 Å². The largest absolute Gasteiger partial charge is 0.396 e. The van der Waals surface area contributed by atoms with E-state index in [9.17, 15) is 0 Å². The van der Waals surface area contributed by atoms with E-state index in [1.54, 1.807) is 0 Å². The van der Waals surface area contributed by atoms with Crippen LogP contribution in [-0.4, -0.2) is 23.4 Å². The fourth-order valence-electron chi connectivity index (χ4n) is 1.47. The van der Waals surface area contributed by atoms with Crippen molar-refractivity contribution in [2.45, 2.75) is 40.0 Å². The summed E-state index contributed by atoms with van der Waals surface area (Å²) in [5.41, 5.74) is 2.24. The van der Waals surface area contributed by atoms with E-state index in [4.69, 9.17) is 10.2 Å². The van der Waals surface area contributed by atoms with E-state index < -0.39 is 0 Å². The van der Waals surface area contributed by atoms with Gasteiger partial charge in [-0.3, -0.25) is 0 Å². The molecule has 0 aromatic carbocycles. The summed E-state index contributed by atoms with van der Waals surface area (Å²) in [4.78, 5) is 0. The number of rotatable bonds is 8. The van der Waals surface area contributed by atoms with Crippen molar-refractivity contribution in [2.24, 2.45) is 5.92 Å². The zero-order valence-corrected chi connectivity index (χ0v) is 11.3. The Balaban J connectivity index is 4.01. The first-order valence-electron chi connectivity index (χ1n) is 6.31. The lowest BCUT2D eigenvalue weighted by Gasteiger charge is -2.03. The second-order valence-corrected chi connectivity index (χ2v) is 4.68. The summed E-state index contributed by atoms with van der Waals surface area (Å²) in [6.45, 7) is 6.54. The molecule has 0 aromatic rings. The SMILES string of the molecule is CC(C)=CCCC(C)/C=C/C=C(\CO)CCO. The summed E-state index contributed by atoms with van der Waals surface area (Å²) in [5, 5.41) is 17.8. The summed E-state index contributed by atoms with van der Waals surface area (Å²) >= 11 is 0. The topological polar surface area (TPSA) is 40.5 Å². The Morgan fingerprint density at radius 1 is 1.24 bits per heavy atom. The Morgan fingerprint density at radius 2 is 1.94 bits per heavy atom. The fourth-order valence-corrected chi connectivity index (χ4v) is 1.47. The van der Waals surface area contributed by atoms with Crippen molar-refractivity contribution in [3.63, 3.8) is 0 Å². The van der Waals surface area contributed by atoms with Crippen molar-refractivity contribution in [3.8, 4) is 0 Å². The van der Waals surface area contributed by atoms with Crippen molar-refractivity contribution >= 4 is 0 Å². The third kappa shape index (κ3) is 10.0. The quantitative estimate of drug-likeness (QED) is 0.503. The van der Waals surface area contributed by atoms with Crippen LogP contribution in [0.15, 0.2) is 35.5 Å². The van der Waals surface area contributed by atoms with Crippen molar-refractivity contribution in [1.82, 2.24) is 0 Å². The molecule has 2 heteroatoms. The van der Waals surface area contributed by atoms with Crippen LogP contribution in [-0.2, 0) is 0 Å². The predicted octanol–water partition coefficient (Wildman–Crippen LogP) is 3.23. The molecule has 0 bridgehead atoms. The van der Waals surface area contributed by atoms with Crippen molar-refractivity contribution < 1.29 is 10.2 Å². The average molecular weight is 238 g/mol. The molecule has 2 N–H and O–H groups in total. The number of hydrogen-bond donors (Lipinski definition) is 2. The van der Waals surface area contributed by atoms with Gasteiger partial charge < -0.3 is 10.2 Å². The summed E-state index contributed by atoms with van der Waals surface area (Å²) in [7, 11) is 0. The van der Waals surface area contributed by atoms with Gasteiger partial charge in [-0.05, 0) is 44.6 Å². The van der Waals surface area contributed by atoms with Gasteiger partial charge in [-0.1, -0.05) is 36.8 Å². The molecule has 0 fully saturated rings. The number of hydrogen-bond acceptors (Lipinski definition) is 2. The van der Waals surface area contributed by atoms with Crippen LogP contribution in [0.25, 0.3) is 0 Å². The van der Waals surface area contributed by atoms with E-state index in [0.717, 1.165) is 18.4 Å². The number of aliphatic hydroxyl groups excluding tert-OH is 2. The Kier molecular flexibility index (Phi) is 9.78. The van der Waals surface area contributed by atoms with Crippen LogP contribution in [0.3, 0.4) is 0 Å². The molecule has 0 amide bonds. The molecule has 0 aromatic heterocycles. The maximum absolute atomic E-state index is 9.00. The first-order chi connectivity index (χ1) is 8.10. The fraction of sp³-hybridized carbons (Fsp3) is 0.600. The molecule has 0 saturated carbocycles. The van der Waals surface area contributed by atoms with Crippen LogP contribution in [0.1, 0.15) is 40.0 Å². The van der Waals surface area contributed by atoms with E-state index >= 15 is 0 Å². The van der Waals surface area contributed by atoms with Crippen molar-refractivity contribution in [2.75, 3.05) is 13.2 Å². The molecule has 1 atom stereocenters. The van der Waals surface area contributed by atoms with Gasteiger partial charge in [-0.15, -0.1) is 0 Å². The number of allylic oxidation sites excluding steroid dienone is 5. The van der Waals surface area contributed by atoms with Gasteiger partial charge in [-0.2, -0.15) is 0 Å². The Labute approximate surface area is 105 Å². The second kappa shape index (κ2) is 10.3. The summed E-state index contributed by atoms with van der Waals surface area (Å²) in [6, 6.07) is 0. The molecule has 0 heterocycles. The van der Waals surface area contributed by atoms with Gasteiger partial charge in [-0.25, -0.2) is 0 Å². The smallest absolute Gasteiger partial charge is 0.0645 e. The molecule has 98 valence electrons. The molecule has 0 radical (unpaired) electrons. The minimum atomic E-state index is 0.0248. The summed E-state index contributed by atoms with van der Waals surface area (Å²) in [5.74, 6) is 0.538. The van der Waals surface area contributed by atoms with Gasteiger partial charge in [0.15, 0.2) is 0 Å². The maximum Gasteiger partial charge on any atom is 0.0645 e. The van der Waals surface area contributed by atoms with E-state index in [-0.39, 0.29) is 13.2 Å². The molecule has 0 aliphatic rings. The van der Waals surface area contributed by atoms with Gasteiger partial charge in [0.1, 0.15) is 0 Å². The predicted molar refractivity (Wildman–Crippen MR) is 73.8 cm³/mol. The highest BCUT2D eigenvalue weighted by Gasteiger charge is 1.95. The van der Waals surface area contributed by atoms with Crippen LogP contribution < -0.4 is 0 Å². The standard InChI is InChI=1S/C15H26O2/c1-13(2)6-4-7-14(3)8-5-9-15(12-17)10-11-16/h5-6,8-9,14,16-17H,4,7,10-12H2,1-3H3/b8-5+,15-9-. The highest BCUT2D eigenvalue weighted by atomic mass is 16.3. The molecule has 0 spiro atoms. The Morgan fingerprint density at radius 3 is 2.47 bits per heavy atom. The molecular weight excluding hydrogens is 212 g/mol. The minimum Gasteiger partial charge on any atom is -0.396 e. The Bertz CT molecular complexity index is 271. The van der Waals surface area contributed by atoms with Crippen LogP contribution in [0.5, 0.6) is 0 Å². The van der Waals surface area contributed by atoms with Crippen LogP contribution >= 0.6 is 0 Å². The van der Waals surface area contributed by atoms with Gasteiger partial charge in [0.25, 0.3) is 0 Å². The molecule has 0 rings (SSSR count). The molecular formula is C15H26O2. The van der Waals surface area contributed by atoms with E-state index in [0.29, 0.717) is 12.3 Å². The molecule has 0 aliphatic carbocycles. The molecule has 0 saturated heterocycles. The highest BCUT2D eigenvalue weighted by molar-refractivity contribution is 5.13. The first kappa shape index (κ1) is 16.1. The van der Waals surface area contributed by atoms with Crippen LogP contribution in [0.4, 0.5) is 0 Å². The third-order valence-corrected chi connectivity index (χ3v) is 2.58. The average Bonchev–Trinajstić information content (AvgIpc) is 2.27. The molecule has 2 nitrogen and oxygen atoms in total. The van der Waals surface area contributed by atoms with Gasteiger partial charge in [0, 0.05) is 6.61 Å². The summed E-state index contributed by atoms with van der Waals surface area (Å²) < 4.78 is 0. The molecule has 17 heavy (non-hydrogen) atoms. The van der Waals surface area contributed by atoms with Crippen LogP contribution in [0.2, 0.25) is 0 Å². The normalized spacial score (nSPS) is 14.1. The molecule has 0 aliphatic heterocycles. The van der Waals surface area contributed by atoms with E-state index in [1.165, 1.54) is 5.57 Å². The summed E-state index contributed by atoms with van der Waals surface area (Å²) in [6.07, 6.45) is 11.1. The van der Waals surface area contributed by atoms with E-state index in [1.807, 2.05) is 12.2 Å².